The zero-order chi connectivity index (χ0) is 14.0. The van der Waals surface area contributed by atoms with Crippen molar-refractivity contribution in [2.45, 2.75) is 59.7 Å². The molecule has 0 heterocycles. The van der Waals surface area contributed by atoms with Crippen LogP contribution in [0.2, 0.25) is 6.04 Å². The first-order valence-electron chi connectivity index (χ1n) is 7.71. The molecule has 0 bridgehead atoms. The zero-order valence-corrected chi connectivity index (χ0v) is 14.9. The molecule has 3 heteroatoms. The molecule has 0 aromatic heterocycles. The SMILES string of the molecule is C/C=C\[SiH2]CCC(C)(N(CC)CC)N(CC)CC. The van der Waals surface area contributed by atoms with Crippen LogP contribution in [0.3, 0.4) is 0 Å². The quantitative estimate of drug-likeness (QED) is 0.342. The smallest absolute Gasteiger partial charge is 0.0705 e. The van der Waals surface area contributed by atoms with Crippen molar-refractivity contribution < 1.29 is 0 Å². The van der Waals surface area contributed by atoms with Crippen LogP contribution in [-0.2, 0) is 0 Å². The van der Waals surface area contributed by atoms with E-state index in [0.717, 1.165) is 26.2 Å². The van der Waals surface area contributed by atoms with Crippen molar-refractivity contribution in [2.75, 3.05) is 26.2 Å². The summed E-state index contributed by atoms with van der Waals surface area (Å²) in [7, 11) is 0.00302. The minimum Gasteiger partial charge on any atom is -0.286 e. The Morgan fingerprint density at radius 2 is 1.39 bits per heavy atom. The van der Waals surface area contributed by atoms with Gasteiger partial charge in [0, 0.05) is 9.52 Å². The summed E-state index contributed by atoms with van der Waals surface area (Å²) >= 11 is 0. The second kappa shape index (κ2) is 9.76. The van der Waals surface area contributed by atoms with E-state index in [1.165, 1.54) is 12.5 Å². The molecule has 0 aromatic rings. The predicted octanol–water partition coefficient (Wildman–Crippen LogP) is 2.90. The first kappa shape index (κ1) is 17.9. The fourth-order valence-electron chi connectivity index (χ4n) is 3.05. The van der Waals surface area contributed by atoms with Gasteiger partial charge in [0.15, 0.2) is 0 Å². The highest BCUT2D eigenvalue weighted by Gasteiger charge is 2.33. The Balaban J connectivity index is 4.77. The summed E-state index contributed by atoms with van der Waals surface area (Å²) in [5.41, 5.74) is 2.67. The van der Waals surface area contributed by atoms with E-state index in [-0.39, 0.29) is 15.2 Å². The van der Waals surface area contributed by atoms with Crippen LogP contribution in [-0.4, -0.2) is 51.2 Å². The molecule has 18 heavy (non-hydrogen) atoms. The average Bonchev–Trinajstić information content (AvgIpc) is 2.37. The van der Waals surface area contributed by atoms with Gasteiger partial charge in [0.1, 0.15) is 0 Å². The number of nitrogens with zero attached hydrogens (tertiary/aromatic N) is 2. The van der Waals surface area contributed by atoms with Gasteiger partial charge in [0.05, 0.1) is 5.66 Å². The van der Waals surface area contributed by atoms with E-state index in [2.05, 4.69) is 63.1 Å². The van der Waals surface area contributed by atoms with E-state index < -0.39 is 0 Å². The Labute approximate surface area is 117 Å². The molecular weight excluding hydrogens is 236 g/mol. The van der Waals surface area contributed by atoms with Crippen LogP contribution in [0.1, 0.15) is 48.0 Å². The zero-order valence-electron chi connectivity index (χ0n) is 13.5. The van der Waals surface area contributed by atoms with E-state index in [9.17, 15) is 0 Å². The number of allylic oxidation sites excluding steroid dienone is 1. The van der Waals surface area contributed by atoms with Crippen molar-refractivity contribution in [3.05, 3.63) is 11.8 Å². The molecule has 108 valence electrons. The molecule has 0 aromatic carbocycles. The Kier molecular flexibility index (Phi) is 9.69. The molecule has 0 amide bonds. The van der Waals surface area contributed by atoms with Crippen molar-refractivity contribution in [1.82, 2.24) is 9.80 Å². The third-order valence-electron chi connectivity index (χ3n) is 4.15. The lowest BCUT2D eigenvalue weighted by molar-refractivity contribution is -0.0385. The molecule has 0 saturated heterocycles. The van der Waals surface area contributed by atoms with Crippen molar-refractivity contribution in [3.8, 4) is 0 Å². The molecule has 0 atom stereocenters. The Morgan fingerprint density at radius 3 is 1.72 bits per heavy atom. The second-order valence-electron chi connectivity index (χ2n) is 5.02. The summed E-state index contributed by atoms with van der Waals surface area (Å²) in [6.45, 7) is 18.3. The summed E-state index contributed by atoms with van der Waals surface area (Å²) in [5.74, 6) is 0. The molecule has 0 rings (SSSR count). The van der Waals surface area contributed by atoms with Crippen LogP contribution in [0.25, 0.3) is 0 Å². The van der Waals surface area contributed by atoms with Crippen LogP contribution >= 0.6 is 0 Å². The first-order chi connectivity index (χ1) is 8.60. The van der Waals surface area contributed by atoms with Crippen molar-refractivity contribution >= 4 is 9.52 Å². The summed E-state index contributed by atoms with van der Waals surface area (Å²) in [6, 6.07) is 1.41. The van der Waals surface area contributed by atoms with Gasteiger partial charge in [-0.25, -0.2) is 0 Å². The van der Waals surface area contributed by atoms with Crippen LogP contribution < -0.4 is 0 Å². The van der Waals surface area contributed by atoms with Crippen molar-refractivity contribution in [1.29, 1.82) is 0 Å². The number of rotatable bonds is 10. The highest BCUT2D eigenvalue weighted by molar-refractivity contribution is 6.41. The Morgan fingerprint density at radius 1 is 0.944 bits per heavy atom. The van der Waals surface area contributed by atoms with Gasteiger partial charge in [-0.2, -0.15) is 0 Å². The first-order valence-corrected chi connectivity index (χ1v) is 9.53. The summed E-state index contributed by atoms with van der Waals surface area (Å²) in [4.78, 5) is 5.26. The topological polar surface area (TPSA) is 6.48 Å². The molecule has 2 nitrogen and oxygen atoms in total. The molecule has 0 saturated carbocycles. The lowest BCUT2D eigenvalue weighted by Crippen LogP contribution is -2.58. The van der Waals surface area contributed by atoms with Gasteiger partial charge in [0.25, 0.3) is 0 Å². The number of hydrogen-bond acceptors (Lipinski definition) is 2. The Hall–Kier alpha value is -0.123. The molecule has 0 unspecified atom stereocenters. The third-order valence-corrected chi connectivity index (χ3v) is 5.71. The maximum absolute atomic E-state index is 2.63. The highest BCUT2D eigenvalue weighted by atomic mass is 28.2. The largest absolute Gasteiger partial charge is 0.286 e. The normalized spacial score (nSPS) is 13.8. The lowest BCUT2D eigenvalue weighted by Gasteiger charge is -2.48. The van der Waals surface area contributed by atoms with E-state index in [1.807, 2.05) is 0 Å². The van der Waals surface area contributed by atoms with E-state index in [0.29, 0.717) is 0 Å². The summed E-state index contributed by atoms with van der Waals surface area (Å²) < 4.78 is 0. The summed E-state index contributed by atoms with van der Waals surface area (Å²) in [6.07, 6.45) is 3.53. The maximum Gasteiger partial charge on any atom is 0.0705 e. The van der Waals surface area contributed by atoms with Crippen LogP contribution in [0.15, 0.2) is 11.8 Å². The Bertz CT molecular complexity index is 209. The molecule has 0 fully saturated rings. The molecule has 0 radical (unpaired) electrons. The van der Waals surface area contributed by atoms with Gasteiger partial charge >= 0.3 is 0 Å². The van der Waals surface area contributed by atoms with Crippen LogP contribution in [0, 0.1) is 0 Å². The fourth-order valence-corrected chi connectivity index (χ4v) is 4.49. The van der Waals surface area contributed by atoms with Gasteiger partial charge in [-0.1, -0.05) is 39.8 Å². The standard InChI is InChI=1S/C15H34N2Si/c1-7-13-18-14-12-15(6,16(8-2)9-3)17(10-4)11-5/h7,13H,8-12,14,18H2,1-6H3/b13-7-. The highest BCUT2D eigenvalue weighted by Crippen LogP contribution is 2.25. The van der Waals surface area contributed by atoms with E-state index in [1.54, 1.807) is 0 Å². The van der Waals surface area contributed by atoms with Gasteiger partial charge in [-0.05, 0) is 46.4 Å². The molecule has 0 N–H and O–H groups in total. The lowest BCUT2D eigenvalue weighted by atomic mass is 10.0. The second-order valence-corrected chi connectivity index (χ2v) is 6.78. The van der Waals surface area contributed by atoms with Gasteiger partial charge in [0.2, 0.25) is 0 Å². The minimum atomic E-state index is 0.00302. The number of hydrogen-bond donors (Lipinski definition) is 0. The molecular formula is C15H34N2Si. The van der Waals surface area contributed by atoms with E-state index >= 15 is 0 Å². The van der Waals surface area contributed by atoms with Crippen LogP contribution in [0.4, 0.5) is 0 Å². The van der Waals surface area contributed by atoms with Crippen LogP contribution in [0.5, 0.6) is 0 Å². The summed E-state index contributed by atoms with van der Waals surface area (Å²) in [5, 5.41) is 0. The van der Waals surface area contributed by atoms with Gasteiger partial charge in [-0.3, -0.25) is 9.80 Å². The molecule has 0 aliphatic carbocycles. The average molecular weight is 271 g/mol. The minimum absolute atomic E-state index is 0.00302. The van der Waals surface area contributed by atoms with E-state index in [4.69, 9.17) is 0 Å². The maximum atomic E-state index is 2.63. The van der Waals surface area contributed by atoms with Crippen molar-refractivity contribution in [2.24, 2.45) is 0 Å². The fraction of sp³-hybridized carbons (Fsp3) is 0.867. The predicted molar refractivity (Wildman–Crippen MR) is 87.0 cm³/mol. The monoisotopic (exact) mass is 270 g/mol. The van der Waals surface area contributed by atoms with Crippen molar-refractivity contribution in [3.63, 3.8) is 0 Å². The molecule has 0 aliphatic heterocycles. The van der Waals surface area contributed by atoms with Gasteiger partial charge in [-0.15, -0.1) is 5.70 Å². The third kappa shape index (κ3) is 4.86. The molecule has 0 spiro atoms. The van der Waals surface area contributed by atoms with Gasteiger partial charge < -0.3 is 0 Å². The molecule has 0 aliphatic rings.